The molecule has 20 heavy (non-hydrogen) atoms. The molecule has 1 N–H and O–H groups in total. The Morgan fingerprint density at radius 1 is 1.30 bits per heavy atom. The highest BCUT2D eigenvalue weighted by Crippen LogP contribution is 2.25. The second-order valence-electron chi connectivity index (χ2n) is 4.63. The molecule has 0 radical (unpaired) electrons. The molecule has 1 aromatic carbocycles. The molecule has 0 aliphatic heterocycles. The van der Waals surface area contributed by atoms with Gasteiger partial charge in [0.05, 0.1) is 6.04 Å². The van der Waals surface area contributed by atoms with Gasteiger partial charge in [-0.15, -0.1) is 11.3 Å². The first kappa shape index (κ1) is 12.8. The molecular formula is C14H14N4OS. The van der Waals surface area contributed by atoms with Gasteiger partial charge < -0.3 is 4.90 Å². The van der Waals surface area contributed by atoms with Crippen molar-refractivity contribution in [2.75, 3.05) is 7.05 Å². The number of amides is 1. The van der Waals surface area contributed by atoms with Crippen molar-refractivity contribution in [3.8, 4) is 0 Å². The number of nitrogens with zero attached hydrogens (tertiary/aromatic N) is 3. The Hall–Kier alpha value is -2.21. The van der Waals surface area contributed by atoms with Crippen LogP contribution in [0.25, 0.3) is 11.0 Å². The molecule has 5 nitrogen and oxygen atoms in total. The van der Waals surface area contributed by atoms with Gasteiger partial charge in [-0.25, -0.2) is 0 Å². The van der Waals surface area contributed by atoms with Crippen molar-refractivity contribution in [3.63, 3.8) is 0 Å². The first-order chi connectivity index (χ1) is 9.66. The molecule has 0 saturated carbocycles. The standard InChI is InChI=1S/C14H14N4OS/c1-9(13-4-3-7-20-13)18(2)14(19)10-5-6-11-12(8-10)16-17-15-11/h3-9H,1-2H3,(H,15,16,17). The molecule has 2 aromatic heterocycles. The monoisotopic (exact) mass is 286 g/mol. The first-order valence-corrected chi connectivity index (χ1v) is 7.16. The lowest BCUT2D eigenvalue weighted by atomic mass is 10.1. The minimum Gasteiger partial charge on any atom is -0.334 e. The molecule has 6 heteroatoms. The van der Waals surface area contributed by atoms with E-state index in [2.05, 4.69) is 15.4 Å². The fraction of sp³-hybridized carbons (Fsp3) is 0.214. The molecule has 3 aromatic rings. The van der Waals surface area contributed by atoms with Crippen molar-refractivity contribution in [1.29, 1.82) is 0 Å². The topological polar surface area (TPSA) is 61.9 Å². The molecule has 0 aliphatic carbocycles. The van der Waals surface area contributed by atoms with E-state index in [1.54, 1.807) is 34.4 Å². The van der Waals surface area contributed by atoms with Crippen LogP contribution in [0.2, 0.25) is 0 Å². The molecule has 3 rings (SSSR count). The van der Waals surface area contributed by atoms with Gasteiger partial charge in [-0.3, -0.25) is 4.79 Å². The van der Waals surface area contributed by atoms with E-state index in [4.69, 9.17) is 0 Å². The van der Waals surface area contributed by atoms with Gasteiger partial charge in [0.15, 0.2) is 0 Å². The maximum atomic E-state index is 12.5. The number of aromatic nitrogens is 3. The van der Waals surface area contributed by atoms with E-state index >= 15 is 0 Å². The van der Waals surface area contributed by atoms with Crippen LogP contribution < -0.4 is 0 Å². The number of hydrogen-bond acceptors (Lipinski definition) is 4. The predicted octanol–water partition coefficient (Wildman–Crippen LogP) is 2.85. The Labute approximate surface area is 120 Å². The molecule has 0 aliphatic rings. The van der Waals surface area contributed by atoms with Crippen molar-refractivity contribution < 1.29 is 4.79 Å². The van der Waals surface area contributed by atoms with Gasteiger partial charge in [-0.1, -0.05) is 6.07 Å². The summed E-state index contributed by atoms with van der Waals surface area (Å²) in [5.74, 6) is -0.0178. The van der Waals surface area contributed by atoms with Crippen LogP contribution >= 0.6 is 11.3 Å². The van der Waals surface area contributed by atoms with E-state index in [0.29, 0.717) is 11.1 Å². The van der Waals surface area contributed by atoms with E-state index in [0.717, 1.165) is 5.52 Å². The van der Waals surface area contributed by atoms with Crippen molar-refractivity contribution >= 4 is 28.3 Å². The molecule has 102 valence electrons. The summed E-state index contributed by atoms with van der Waals surface area (Å²) in [6, 6.07) is 9.44. The molecular weight excluding hydrogens is 272 g/mol. The third-order valence-corrected chi connectivity index (χ3v) is 4.46. The Morgan fingerprint density at radius 2 is 2.10 bits per heavy atom. The number of carbonyl (C=O) groups excluding carboxylic acids is 1. The number of hydrogen-bond donors (Lipinski definition) is 1. The number of H-pyrrole nitrogens is 1. The lowest BCUT2D eigenvalue weighted by molar-refractivity contribution is 0.0745. The summed E-state index contributed by atoms with van der Waals surface area (Å²) in [4.78, 5) is 15.4. The Morgan fingerprint density at radius 3 is 2.85 bits per heavy atom. The second-order valence-corrected chi connectivity index (χ2v) is 5.61. The zero-order chi connectivity index (χ0) is 14.1. The summed E-state index contributed by atoms with van der Waals surface area (Å²) in [5, 5.41) is 12.6. The third kappa shape index (κ3) is 2.18. The fourth-order valence-corrected chi connectivity index (χ4v) is 2.90. The lowest BCUT2D eigenvalue weighted by Gasteiger charge is -2.24. The zero-order valence-electron chi connectivity index (χ0n) is 11.2. The summed E-state index contributed by atoms with van der Waals surface area (Å²) in [7, 11) is 1.82. The van der Waals surface area contributed by atoms with Crippen LogP contribution in [0.5, 0.6) is 0 Å². The van der Waals surface area contributed by atoms with Crippen LogP contribution in [-0.4, -0.2) is 33.3 Å². The van der Waals surface area contributed by atoms with Gasteiger partial charge in [0, 0.05) is 17.5 Å². The highest BCUT2D eigenvalue weighted by atomic mass is 32.1. The molecule has 1 atom stereocenters. The van der Waals surface area contributed by atoms with Gasteiger partial charge in [-0.05, 0) is 36.6 Å². The number of benzene rings is 1. The van der Waals surface area contributed by atoms with Crippen molar-refractivity contribution in [2.24, 2.45) is 0 Å². The maximum absolute atomic E-state index is 12.5. The Balaban J connectivity index is 1.87. The van der Waals surface area contributed by atoms with E-state index in [9.17, 15) is 4.79 Å². The van der Waals surface area contributed by atoms with Gasteiger partial charge in [0.25, 0.3) is 5.91 Å². The highest BCUT2D eigenvalue weighted by molar-refractivity contribution is 7.10. The normalized spacial score (nSPS) is 12.5. The highest BCUT2D eigenvalue weighted by Gasteiger charge is 2.20. The van der Waals surface area contributed by atoms with Crippen molar-refractivity contribution in [1.82, 2.24) is 20.3 Å². The van der Waals surface area contributed by atoms with Crippen molar-refractivity contribution in [3.05, 3.63) is 46.2 Å². The summed E-state index contributed by atoms with van der Waals surface area (Å²) in [6.07, 6.45) is 0. The minimum atomic E-state index is -0.0178. The SMILES string of the molecule is CC(c1cccs1)N(C)C(=O)c1ccc2n[nH]nc2c1. The van der Waals surface area contributed by atoms with Crippen LogP contribution in [0.15, 0.2) is 35.7 Å². The van der Waals surface area contributed by atoms with Gasteiger partial charge in [0.1, 0.15) is 11.0 Å². The summed E-state index contributed by atoms with van der Waals surface area (Å²) in [6.45, 7) is 2.03. The molecule has 1 unspecified atom stereocenters. The predicted molar refractivity (Wildman–Crippen MR) is 78.7 cm³/mol. The zero-order valence-corrected chi connectivity index (χ0v) is 12.0. The van der Waals surface area contributed by atoms with Crippen LogP contribution in [0.3, 0.4) is 0 Å². The van der Waals surface area contributed by atoms with Crippen LogP contribution in [0.1, 0.15) is 28.2 Å². The van der Waals surface area contributed by atoms with Gasteiger partial charge in [-0.2, -0.15) is 15.4 Å². The number of nitrogens with one attached hydrogen (secondary N) is 1. The number of rotatable bonds is 3. The largest absolute Gasteiger partial charge is 0.334 e. The Kier molecular flexibility index (Phi) is 3.23. The minimum absolute atomic E-state index is 0.0178. The quantitative estimate of drug-likeness (QED) is 0.805. The van der Waals surface area contributed by atoms with Gasteiger partial charge in [0.2, 0.25) is 0 Å². The summed E-state index contributed by atoms with van der Waals surface area (Å²) < 4.78 is 0. The molecule has 2 heterocycles. The molecule has 0 fully saturated rings. The van der Waals surface area contributed by atoms with Crippen LogP contribution in [0.4, 0.5) is 0 Å². The second kappa shape index (κ2) is 5.05. The fourth-order valence-electron chi connectivity index (χ4n) is 2.07. The molecule has 0 bridgehead atoms. The van der Waals surface area contributed by atoms with Crippen LogP contribution in [0, 0.1) is 0 Å². The van der Waals surface area contributed by atoms with E-state index < -0.39 is 0 Å². The van der Waals surface area contributed by atoms with E-state index in [1.807, 2.05) is 31.5 Å². The maximum Gasteiger partial charge on any atom is 0.254 e. The van der Waals surface area contributed by atoms with Crippen LogP contribution in [-0.2, 0) is 0 Å². The molecule has 1 amide bonds. The van der Waals surface area contributed by atoms with E-state index in [-0.39, 0.29) is 11.9 Å². The molecule has 0 spiro atoms. The lowest BCUT2D eigenvalue weighted by Crippen LogP contribution is -2.29. The molecule has 0 saturated heterocycles. The number of carbonyl (C=O) groups is 1. The Bertz CT molecular complexity index is 735. The smallest absolute Gasteiger partial charge is 0.254 e. The average Bonchev–Trinajstić information content (AvgIpc) is 3.14. The summed E-state index contributed by atoms with van der Waals surface area (Å²) in [5.41, 5.74) is 2.08. The number of thiophene rings is 1. The first-order valence-electron chi connectivity index (χ1n) is 6.28. The van der Waals surface area contributed by atoms with Gasteiger partial charge >= 0.3 is 0 Å². The average molecular weight is 286 g/mol. The number of fused-ring (bicyclic) bond motifs is 1. The third-order valence-electron chi connectivity index (χ3n) is 3.42. The van der Waals surface area contributed by atoms with E-state index in [1.165, 1.54) is 4.88 Å². The summed E-state index contributed by atoms with van der Waals surface area (Å²) >= 11 is 1.65. The van der Waals surface area contributed by atoms with Crippen molar-refractivity contribution in [2.45, 2.75) is 13.0 Å². The number of aromatic amines is 1.